The predicted molar refractivity (Wildman–Crippen MR) is 75.0 cm³/mol. The van der Waals surface area contributed by atoms with Crippen LogP contribution in [0.2, 0.25) is 0 Å². The molecule has 0 aliphatic carbocycles. The minimum atomic E-state index is -0.000401. The standard InChI is InChI=1S/C13H15N3OS/c1-8-4-3-5-15-11(8)7-16-12-6-10(14)13(18-12)9(2)17/h3-6,16H,7,14H2,1-2H3. The van der Waals surface area contributed by atoms with E-state index in [0.29, 0.717) is 17.1 Å². The maximum atomic E-state index is 11.3. The molecule has 0 amide bonds. The van der Waals surface area contributed by atoms with Crippen LogP contribution in [0, 0.1) is 6.92 Å². The summed E-state index contributed by atoms with van der Waals surface area (Å²) in [4.78, 5) is 16.2. The summed E-state index contributed by atoms with van der Waals surface area (Å²) in [7, 11) is 0. The molecule has 0 spiro atoms. The van der Waals surface area contributed by atoms with Gasteiger partial charge in [-0.05, 0) is 24.6 Å². The van der Waals surface area contributed by atoms with E-state index in [9.17, 15) is 4.79 Å². The number of pyridine rings is 1. The molecule has 2 heterocycles. The Balaban J connectivity index is 2.09. The number of carbonyl (C=O) groups is 1. The van der Waals surface area contributed by atoms with Gasteiger partial charge in [-0.15, -0.1) is 11.3 Å². The molecule has 0 saturated heterocycles. The van der Waals surface area contributed by atoms with E-state index in [1.165, 1.54) is 18.3 Å². The first-order valence-electron chi connectivity index (χ1n) is 5.62. The Hall–Kier alpha value is -1.88. The van der Waals surface area contributed by atoms with Gasteiger partial charge < -0.3 is 11.1 Å². The van der Waals surface area contributed by atoms with Crippen molar-refractivity contribution in [2.24, 2.45) is 0 Å². The zero-order valence-corrected chi connectivity index (χ0v) is 11.2. The molecule has 2 rings (SSSR count). The fourth-order valence-corrected chi connectivity index (χ4v) is 2.51. The normalized spacial score (nSPS) is 10.3. The highest BCUT2D eigenvalue weighted by Crippen LogP contribution is 2.29. The van der Waals surface area contributed by atoms with E-state index in [0.717, 1.165) is 16.3 Å². The van der Waals surface area contributed by atoms with Gasteiger partial charge in [0.25, 0.3) is 0 Å². The van der Waals surface area contributed by atoms with Crippen LogP contribution in [0.4, 0.5) is 10.7 Å². The van der Waals surface area contributed by atoms with Crippen molar-refractivity contribution >= 4 is 27.8 Å². The third-order valence-electron chi connectivity index (χ3n) is 2.63. The molecule has 2 aromatic rings. The van der Waals surface area contributed by atoms with Gasteiger partial charge >= 0.3 is 0 Å². The maximum Gasteiger partial charge on any atom is 0.171 e. The van der Waals surface area contributed by atoms with Gasteiger partial charge in [0.15, 0.2) is 5.78 Å². The van der Waals surface area contributed by atoms with Gasteiger partial charge in [-0.3, -0.25) is 9.78 Å². The van der Waals surface area contributed by atoms with E-state index in [1.807, 2.05) is 19.1 Å². The van der Waals surface area contributed by atoms with E-state index in [4.69, 9.17) is 5.73 Å². The third kappa shape index (κ3) is 2.68. The van der Waals surface area contributed by atoms with Crippen molar-refractivity contribution in [1.82, 2.24) is 4.98 Å². The number of aryl methyl sites for hydroxylation is 1. The molecule has 0 aliphatic rings. The average molecular weight is 261 g/mol. The van der Waals surface area contributed by atoms with Crippen molar-refractivity contribution in [3.05, 3.63) is 40.5 Å². The lowest BCUT2D eigenvalue weighted by atomic mass is 10.2. The van der Waals surface area contributed by atoms with Crippen LogP contribution in [0.3, 0.4) is 0 Å². The van der Waals surface area contributed by atoms with Crippen molar-refractivity contribution < 1.29 is 4.79 Å². The molecular formula is C13H15N3OS. The number of thiophene rings is 1. The van der Waals surface area contributed by atoms with Crippen LogP contribution in [-0.2, 0) is 6.54 Å². The van der Waals surface area contributed by atoms with Crippen LogP contribution in [-0.4, -0.2) is 10.8 Å². The average Bonchev–Trinajstić information content (AvgIpc) is 2.70. The lowest BCUT2D eigenvalue weighted by Crippen LogP contribution is -2.02. The molecule has 0 radical (unpaired) electrons. The summed E-state index contributed by atoms with van der Waals surface area (Å²) in [6.45, 7) is 4.17. The number of Topliss-reactive ketones (excluding diaryl/α,β-unsaturated/α-hetero) is 1. The van der Waals surface area contributed by atoms with Gasteiger partial charge in [0, 0.05) is 13.1 Å². The number of nitrogen functional groups attached to an aromatic ring is 1. The second-order valence-corrected chi connectivity index (χ2v) is 5.12. The Morgan fingerprint density at radius 1 is 1.56 bits per heavy atom. The number of nitrogens with two attached hydrogens (primary N) is 1. The molecule has 3 N–H and O–H groups in total. The van der Waals surface area contributed by atoms with E-state index in [1.54, 1.807) is 12.3 Å². The van der Waals surface area contributed by atoms with Crippen LogP contribution in [0.15, 0.2) is 24.4 Å². The quantitative estimate of drug-likeness (QED) is 0.830. The Bertz CT molecular complexity index is 577. The topological polar surface area (TPSA) is 68.0 Å². The number of anilines is 2. The number of rotatable bonds is 4. The van der Waals surface area contributed by atoms with Crippen molar-refractivity contribution in [3.63, 3.8) is 0 Å². The molecule has 2 aromatic heterocycles. The van der Waals surface area contributed by atoms with Crippen LogP contribution >= 0.6 is 11.3 Å². The summed E-state index contributed by atoms with van der Waals surface area (Å²) in [6.07, 6.45) is 1.77. The van der Waals surface area contributed by atoms with Gasteiger partial charge in [0.05, 0.1) is 27.8 Å². The van der Waals surface area contributed by atoms with Crippen LogP contribution in [0.1, 0.15) is 27.9 Å². The van der Waals surface area contributed by atoms with Crippen LogP contribution in [0.25, 0.3) is 0 Å². The van der Waals surface area contributed by atoms with E-state index < -0.39 is 0 Å². The smallest absolute Gasteiger partial charge is 0.171 e. The van der Waals surface area contributed by atoms with E-state index in [2.05, 4.69) is 10.3 Å². The van der Waals surface area contributed by atoms with Crippen molar-refractivity contribution in [3.8, 4) is 0 Å². The first-order chi connectivity index (χ1) is 8.58. The van der Waals surface area contributed by atoms with Gasteiger partial charge in [-0.2, -0.15) is 0 Å². The van der Waals surface area contributed by atoms with Crippen molar-refractivity contribution in [2.75, 3.05) is 11.1 Å². The minimum Gasteiger partial charge on any atom is -0.397 e. The molecule has 0 aromatic carbocycles. The molecular weight excluding hydrogens is 246 g/mol. The summed E-state index contributed by atoms with van der Waals surface area (Å²) in [6, 6.07) is 5.73. The molecule has 0 aliphatic heterocycles. The first-order valence-corrected chi connectivity index (χ1v) is 6.44. The summed E-state index contributed by atoms with van der Waals surface area (Å²) < 4.78 is 0. The number of nitrogens with one attached hydrogen (secondary N) is 1. The largest absolute Gasteiger partial charge is 0.397 e. The Kier molecular flexibility index (Phi) is 3.62. The monoisotopic (exact) mass is 261 g/mol. The molecule has 4 nitrogen and oxygen atoms in total. The molecule has 0 fully saturated rings. The fourth-order valence-electron chi connectivity index (χ4n) is 1.64. The highest BCUT2D eigenvalue weighted by atomic mass is 32.1. The molecule has 0 saturated carbocycles. The zero-order valence-electron chi connectivity index (χ0n) is 10.4. The van der Waals surface area contributed by atoms with Crippen molar-refractivity contribution in [1.29, 1.82) is 0 Å². The Labute approximate surface area is 110 Å². The third-order valence-corrected chi connectivity index (χ3v) is 3.84. The highest BCUT2D eigenvalue weighted by molar-refractivity contribution is 7.18. The highest BCUT2D eigenvalue weighted by Gasteiger charge is 2.10. The number of aromatic nitrogens is 1. The number of ketones is 1. The number of carbonyl (C=O) groups excluding carboxylic acids is 1. The second kappa shape index (κ2) is 5.18. The lowest BCUT2D eigenvalue weighted by molar-refractivity contribution is 0.102. The fraction of sp³-hybridized carbons (Fsp3) is 0.231. The van der Waals surface area contributed by atoms with Gasteiger partial charge in [0.1, 0.15) is 0 Å². The van der Waals surface area contributed by atoms with Crippen LogP contribution < -0.4 is 11.1 Å². The number of hydrogen-bond donors (Lipinski definition) is 2. The zero-order chi connectivity index (χ0) is 13.1. The van der Waals surface area contributed by atoms with Gasteiger partial charge in [-0.1, -0.05) is 6.07 Å². The summed E-state index contributed by atoms with van der Waals surface area (Å²) >= 11 is 1.38. The van der Waals surface area contributed by atoms with Gasteiger partial charge in [0.2, 0.25) is 0 Å². The summed E-state index contributed by atoms with van der Waals surface area (Å²) in [5.41, 5.74) is 8.44. The SMILES string of the molecule is CC(=O)c1sc(NCc2ncccc2C)cc1N. The molecule has 18 heavy (non-hydrogen) atoms. The molecule has 5 heteroatoms. The van der Waals surface area contributed by atoms with Crippen LogP contribution in [0.5, 0.6) is 0 Å². The Morgan fingerprint density at radius 2 is 2.33 bits per heavy atom. The summed E-state index contributed by atoms with van der Waals surface area (Å²) in [5.74, 6) is -0.000401. The molecule has 0 atom stereocenters. The summed E-state index contributed by atoms with van der Waals surface area (Å²) in [5, 5.41) is 4.13. The van der Waals surface area contributed by atoms with E-state index >= 15 is 0 Å². The second-order valence-electron chi connectivity index (χ2n) is 4.07. The molecule has 0 unspecified atom stereocenters. The number of nitrogens with zero attached hydrogens (tertiary/aromatic N) is 1. The predicted octanol–water partition coefficient (Wildman–Crippen LogP) is 2.85. The van der Waals surface area contributed by atoms with E-state index in [-0.39, 0.29) is 5.78 Å². The molecule has 0 bridgehead atoms. The molecule has 94 valence electrons. The lowest BCUT2D eigenvalue weighted by Gasteiger charge is -2.05. The first kappa shape index (κ1) is 12.6. The van der Waals surface area contributed by atoms with Crippen molar-refractivity contribution in [2.45, 2.75) is 20.4 Å². The maximum absolute atomic E-state index is 11.3. The minimum absolute atomic E-state index is 0.000401. The number of hydrogen-bond acceptors (Lipinski definition) is 5. The van der Waals surface area contributed by atoms with Gasteiger partial charge in [-0.25, -0.2) is 0 Å². The Morgan fingerprint density at radius 3 is 2.94 bits per heavy atom.